The summed E-state index contributed by atoms with van der Waals surface area (Å²) < 4.78 is 22.5. The Bertz CT molecular complexity index is 1210. The molecule has 1 aliphatic rings. The molecule has 31 heavy (non-hydrogen) atoms. The van der Waals surface area contributed by atoms with E-state index in [2.05, 4.69) is 19.3 Å². The smallest absolute Gasteiger partial charge is 0.217 e. The number of hydrogen-bond acceptors (Lipinski definition) is 7. The van der Waals surface area contributed by atoms with Crippen molar-refractivity contribution in [3.63, 3.8) is 0 Å². The van der Waals surface area contributed by atoms with Crippen LogP contribution < -0.4 is 4.74 Å². The van der Waals surface area contributed by atoms with E-state index in [4.69, 9.17) is 16.3 Å². The van der Waals surface area contributed by atoms with E-state index in [1.807, 2.05) is 12.1 Å². The van der Waals surface area contributed by atoms with Crippen molar-refractivity contribution >= 4 is 37.9 Å². The van der Waals surface area contributed by atoms with Gasteiger partial charge in [0.15, 0.2) is 0 Å². The van der Waals surface area contributed by atoms with Gasteiger partial charge in [-0.15, -0.1) is 0 Å². The van der Waals surface area contributed by atoms with E-state index in [9.17, 15) is 9.32 Å². The molecule has 0 atom stereocenters. The van der Waals surface area contributed by atoms with Gasteiger partial charge in [-0.25, -0.2) is 19.2 Å². The second-order valence-electron chi connectivity index (χ2n) is 8.11. The van der Waals surface area contributed by atoms with Gasteiger partial charge in [0.2, 0.25) is 5.88 Å². The summed E-state index contributed by atoms with van der Waals surface area (Å²) in [6, 6.07) is 7.30. The normalized spacial score (nSPS) is 19.4. The van der Waals surface area contributed by atoms with Gasteiger partial charge in [-0.1, -0.05) is 17.7 Å². The quantitative estimate of drug-likeness (QED) is 0.609. The highest BCUT2D eigenvalue weighted by Gasteiger charge is 2.22. The van der Waals surface area contributed by atoms with Crippen molar-refractivity contribution < 1.29 is 14.1 Å². The average molecular weight is 461 g/mol. The van der Waals surface area contributed by atoms with Crippen molar-refractivity contribution in [3.05, 3.63) is 53.1 Å². The zero-order chi connectivity index (χ0) is 22.0. The summed E-state index contributed by atoms with van der Waals surface area (Å²) in [5, 5.41) is 10.9. The van der Waals surface area contributed by atoms with Crippen LogP contribution in [-0.2, 0) is 16.1 Å². The van der Waals surface area contributed by atoms with E-state index >= 15 is 0 Å². The summed E-state index contributed by atoms with van der Waals surface area (Å²) in [6.07, 6.45) is 9.76. The Kier molecular flexibility index (Phi) is 6.41. The fourth-order valence-corrected chi connectivity index (χ4v) is 4.73. The standard InChI is InChI=1S/C22H25ClN4O3S/c1-31(2,29)27-15-11-18(23)21-19(25-13-26-20(21)12-15)10-14-4-3-9-24-22(14)30-17-7-5-16(28)6-8-17/h3-4,9,11-13,16-17,28H,5-8,10H2,1-2H3. The fourth-order valence-electron chi connectivity index (χ4n) is 3.80. The summed E-state index contributed by atoms with van der Waals surface area (Å²) in [5.74, 6) is 0.579. The topological polar surface area (TPSA) is 97.6 Å². The molecule has 1 N–H and O–H groups in total. The number of pyridine rings is 1. The van der Waals surface area contributed by atoms with Gasteiger partial charge in [-0.3, -0.25) is 0 Å². The van der Waals surface area contributed by atoms with Gasteiger partial charge >= 0.3 is 0 Å². The molecule has 0 spiro atoms. The molecule has 4 rings (SSSR count). The van der Waals surface area contributed by atoms with Gasteiger partial charge in [-0.05, 0) is 43.9 Å². The third-order valence-electron chi connectivity index (χ3n) is 5.21. The van der Waals surface area contributed by atoms with Crippen molar-refractivity contribution in [2.45, 2.75) is 44.3 Å². The molecule has 0 bridgehead atoms. The molecule has 0 saturated heterocycles. The number of aliphatic hydroxyl groups excluding tert-OH is 1. The molecule has 2 aromatic heterocycles. The van der Waals surface area contributed by atoms with Crippen molar-refractivity contribution in [2.24, 2.45) is 4.36 Å². The molecule has 0 unspecified atom stereocenters. The molecule has 1 fully saturated rings. The van der Waals surface area contributed by atoms with Crippen LogP contribution in [0, 0.1) is 0 Å². The van der Waals surface area contributed by atoms with Gasteiger partial charge in [0.1, 0.15) is 12.4 Å². The Morgan fingerprint density at radius 2 is 1.97 bits per heavy atom. The number of ether oxygens (including phenoxy) is 1. The molecule has 1 saturated carbocycles. The zero-order valence-corrected chi connectivity index (χ0v) is 19.1. The average Bonchev–Trinajstić information content (AvgIpc) is 2.70. The van der Waals surface area contributed by atoms with E-state index in [1.54, 1.807) is 30.8 Å². The number of hydrogen-bond donors (Lipinski definition) is 1. The molecule has 9 heteroatoms. The van der Waals surface area contributed by atoms with Gasteiger partial charge in [0.05, 0.1) is 28.0 Å². The molecule has 0 amide bonds. The first-order valence-corrected chi connectivity index (χ1v) is 12.9. The summed E-state index contributed by atoms with van der Waals surface area (Å²) in [6.45, 7) is 0. The Morgan fingerprint density at radius 3 is 2.71 bits per heavy atom. The van der Waals surface area contributed by atoms with Crippen LogP contribution in [0.4, 0.5) is 5.69 Å². The number of aromatic nitrogens is 3. The van der Waals surface area contributed by atoms with Crippen molar-refractivity contribution in [1.82, 2.24) is 15.0 Å². The summed E-state index contributed by atoms with van der Waals surface area (Å²) in [7, 11) is -2.31. The Hall–Kier alpha value is -2.29. The van der Waals surface area contributed by atoms with Gasteiger partial charge in [0, 0.05) is 45.8 Å². The molecule has 1 aromatic carbocycles. The lowest BCUT2D eigenvalue weighted by molar-refractivity contribution is 0.0639. The summed E-state index contributed by atoms with van der Waals surface area (Å²) >= 11 is 6.57. The lowest BCUT2D eigenvalue weighted by Crippen LogP contribution is -2.27. The van der Waals surface area contributed by atoms with Crippen molar-refractivity contribution in [3.8, 4) is 5.88 Å². The third kappa shape index (κ3) is 5.50. The number of benzene rings is 1. The van der Waals surface area contributed by atoms with Crippen molar-refractivity contribution in [1.29, 1.82) is 0 Å². The molecule has 2 heterocycles. The largest absolute Gasteiger partial charge is 0.474 e. The zero-order valence-electron chi connectivity index (χ0n) is 17.5. The second-order valence-corrected chi connectivity index (χ2v) is 11.1. The van der Waals surface area contributed by atoms with Crippen LogP contribution in [0.15, 0.2) is 41.2 Å². The maximum absolute atomic E-state index is 12.1. The fraction of sp³-hybridized carbons (Fsp3) is 0.409. The molecule has 164 valence electrons. The van der Waals surface area contributed by atoms with Crippen LogP contribution in [0.1, 0.15) is 36.9 Å². The number of fused-ring (bicyclic) bond motifs is 1. The van der Waals surface area contributed by atoms with Crippen LogP contribution >= 0.6 is 11.6 Å². The number of rotatable bonds is 5. The molecule has 0 aliphatic heterocycles. The summed E-state index contributed by atoms with van der Waals surface area (Å²) in [4.78, 5) is 13.2. The van der Waals surface area contributed by atoms with Crippen molar-refractivity contribution in [2.75, 3.05) is 12.5 Å². The second kappa shape index (κ2) is 9.06. The van der Waals surface area contributed by atoms with Crippen LogP contribution in [-0.4, -0.2) is 49.0 Å². The minimum Gasteiger partial charge on any atom is -0.474 e. The van der Waals surface area contributed by atoms with Crippen LogP contribution in [0.25, 0.3) is 10.9 Å². The molecular formula is C22H25ClN4O3S. The first-order chi connectivity index (χ1) is 14.8. The van der Waals surface area contributed by atoms with Crippen LogP contribution in [0.5, 0.6) is 5.88 Å². The number of nitrogens with zero attached hydrogens (tertiary/aromatic N) is 4. The van der Waals surface area contributed by atoms with Crippen LogP contribution in [0.2, 0.25) is 5.02 Å². The van der Waals surface area contributed by atoms with E-state index in [-0.39, 0.29) is 12.2 Å². The van der Waals surface area contributed by atoms with E-state index in [0.29, 0.717) is 28.5 Å². The van der Waals surface area contributed by atoms with Gasteiger partial charge in [0.25, 0.3) is 0 Å². The van der Waals surface area contributed by atoms with E-state index < -0.39 is 9.73 Å². The highest BCUT2D eigenvalue weighted by atomic mass is 35.5. The van der Waals surface area contributed by atoms with Crippen LogP contribution in [0.3, 0.4) is 0 Å². The third-order valence-corrected chi connectivity index (χ3v) is 6.16. The maximum Gasteiger partial charge on any atom is 0.217 e. The number of halogens is 1. The SMILES string of the molecule is CS(C)(=O)=Nc1cc(Cl)c2c(Cc3cccnc3OC3CCC(O)CC3)ncnc2c1. The van der Waals surface area contributed by atoms with E-state index in [1.165, 1.54) is 6.33 Å². The van der Waals surface area contributed by atoms with E-state index in [0.717, 1.165) is 42.3 Å². The molecule has 0 radical (unpaired) electrons. The molecule has 7 nitrogen and oxygen atoms in total. The first kappa shape index (κ1) is 21.9. The highest BCUT2D eigenvalue weighted by molar-refractivity contribution is 7.92. The maximum atomic E-state index is 12.1. The Balaban J connectivity index is 1.66. The summed E-state index contributed by atoms with van der Waals surface area (Å²) in [5.41, 5.74) is 2.84. The molecule has 1 aliphatic carbocycles. The Labute approximate surface area is 187 Å². The number of aliphatic hydroxyl groups is 1. The predicted octanol–water partition coefficient (Wildman–Crippen LogP) is 4.31. The first-order valence-electron chi connectivity index (χ1n) is 10.2. The molecular weight excluding hydrogens is 436 g/mol. The monoisotopic (exact) mass is 460 g/mol. The molecule has 3 aromatic rings. The minimum atomic E-state index is -2.31. The lowest BCUT2D eigenvalue weighted by Gasteiger charge is -2.26. The lowest BCUT2D eigenvalue weighted by atomic mass is 9.95. The predicted molar refractivity (Wildman–Crippen MR) is 123 cm³/mol. The highest BCUT2D eigenvalue weighted by Crippen LogP contribution is 2.33. The van der Waals surface area contributed by atoms with Gasteiger partial charge < -0.3 is 9.84 Å². The Morgan fingerprint density at radius 1 is 1.19 bits per heavy atom. The van der Waals surface area contributed by atoms with Gasteiger partial charge in [-0.2, -0.15) is 4.36 Å². The minimum absolute atomic E-state index is 0.0462.